The van der Waals surface area contributed by atoms with Gasteiger partial charge in [0.1, 0.15) is 0 Å². The van der Waals surface area contributed by atoms with Crippen LogP contribution in [0, 0.1) is 0 Å². The molecule has 0 radical (unpaired) electrons. The normalized spacial score (nSPS) is 11.0. The van der Waals surface area contributed by atoms with Gasteiger partial charge in [-0.2, -0.15) is 5.10 Å². The highest BCUT2D eigenvalue weighted by Gasteiger charge is 2.11. The first-order valence-corrected chi connectivity index (χ1v) is 9.68. The molecule has 4 rings (SSSR count). The van der Waals surface area contributed by atoms with Crippen molar-refractivity contribution in [3.05, 3.63) is 91.8 Å². The van der Waals surface area contributed by atoms with E-state index in [9.17, 15) is 14.4 Å². The number of aromatic amines is 1. The van der Waals surface area contributed by atoms with Crippen molar-refractivity contribution < 1.29 is 4.79 Å². The second-order valence-corrected chi connectivity index (χ2v) is 7.13. The van der Waals surface area contributed by atoms with E-state index in [2.05, 4.69) is 15.4 Å². The van der Waals surface area contributed by atoms with Crippen LogP contribution < -0.4 is 16.6 Å². The van der Waals surface area contributed by atoms with Crippen LogP contribution in [-0.2, 0) is 13.1 Å². The van der Waals surface area contributed by atoms with Crippen molar-refractivity contribution in [2.45, 2.75) is 20.0 Å². The van der Waals surface area contributed by atoms with Gasteiger partial charge in [0.05, 0.1) is 22.8 Å². The molecular weight excluding hydrogens is 406 g/mol. The number of aromatic nitrogens is 4. The molecule has 1 amide bonds. The molecule has 0 fully saturated rings. The van der Waals surface area contributed by atoms with E-state index < -0.39 is 5.69 Å². The predicted molar refractivity (Wildman–Crippen MR) is 114 cm³/mol. The average Bonchev–Trinajstić information content (AvgIpc) is 3.21. The fraction of sp³-hybridized carbons (Fsp3) is 0.143. The largest absolute Gasteiger partial charge is 0.348 e. The van der Waals surface area contributed by atoms with Crippen LogP contribution in [0.1, 0.15) is 22.8 Å². The molecule has 2 N–H and O–H groups in total. The number of fused-ring (bicyclic) bond motifs is 1. The summed E-state index contributed by atoms with van der Waals surface area (Å²) < 4.78 is 2.78. The third-order valence-electron chi connectivity index (χ3n) is 4.72. The van der Waals surface area contributed by atoms with Gasteiger partial charge in [-0.1, -0.05) is 17.7 Å². The number of hydrogen-bond acceptors (Lipinski definition) is 4. The molecule has 0 unspecified atom stereocenters. The molecule has 2 aromatic heterocycles. The van der Waals surface area contributed by atoms with Crippen molar-refractivity contribution in [1.82, 2.24) is 24.6 Å². The number of carbonyl (C=O) groups excluding carboxylic acids is 1. The van der Waals surface area contributed by atoms with E-state index in [4.69, 9.17) is 11.6 Å². The Labute approximate surface area is 175 Å². The summed E-state index contributed by atoms with van der Waals surface area (Å²) >= 11 is 6.01. The molecule has 4 aromatic rings. The molecule has 30 heavy (non-hydrogen) atoms. The Bertz CT molecular complexity index is 1370. The zero-order valence-electron chi connectivity index (χ0n) is 16.1. The summed E-state index contributed by atoms with van der Waals surface area (Å²) in [6.45, 7) is 2.26. The Morgan fingerprint density at radius 3 is 2.80 bits per heavy atom. The van der Waals surface area contributed by atoms with Gasteiger partial charge in [-0.25, -0.2) is 9.48 Å². The molecule has 0 saturated heterocycles. The molecule has 0 bridgehead atoms. The zero-order chi connectivity index (χ0) is 21.3. The number of carbonyl (C=O) groups is 1. The summed E-state index contributed by atoms with van der Waals surface area (Å²) in [4.78, 5) is 39.5. The molecule has 8 nitrogen and oxygen atoms in total. The number of rotatable bonds is 5. The van der Waals surface area contributed by atoms with Crippen molar-refractivity contribution in [1.29, 1.82) is 0 Å². The maximum Gasteiger partial charge on any atom is 0.328 e. The van der Waals surface area contributed by atoms with Crippen LogP contribution in [0.3, 0.4) is 0 Å². The SMILES string of the molecule is CCn1c(=O)[nH]c2cc(C(=O)NCc3cnn(-c4cccc(Cl)c4)c3)ccc2c1=O. The van der Waals surface area contributed by atoms with Crippen molar-refractivity contribution >= 4 is 28.4 Å². The monoisotopic (exact) mass is 423 g/mol. The fourth-order valence-electron chi connectivity index (χ4n) is 3.18. The van der Waals surface area contributed by atoms with E-state index in [1.165, 1.54) is 6.07 Å². The summed E-state index contributed by atoms with van der Waals surface area (Å²) in [6.07, 6.45) is 3.46. The van der Waals surface area contributed by atoms with E-state index in [0.717, 1.165) is 15.8 Å². The summed E-state index contributed by atoms with van der Waals surface area (Å²) in [5.41, 5.74) is 1.42. The fourth-order valence-corrected chi connectivity index (χ4v) is 3.36. The quantitative estimate of drug-likeness (QED) is 0.514. The van der Waals surface area contributed by atoms with Crippen LogP contribution in [0.5, 0.6) is 0 Å². The number of halogens is 1. The number of H-pyrrole nitrogens is 1. The van der Waals surface area contributed by atoms with Gasteiger partial charge in [-0.15, -0.1) is 0 Å². The Balaban J connectivity index is 1.51. The van der Waals surface area contributed by atoms with Crippen LogP contribution in [-0.4, -0.2) is 25.2 Å². The standard InChI is InChI=1S/C21H18ClN5O3/c1-2-26-20(29)17-7-6-14(8-18(17)25-21(26)30)19(28)23-10-13-11-24-27(12-13)16-5-3-4-15(22)9-16/h3-9,11-12H,2,10H2,1H3,(H,23,28)(H,25,30). The Morgan fingerprint density at radius 1 is 1.20 bits per heavy atom. The Morgan fingerprint density at radius 2 is 2.03 bits per heavy atom. The first-order chi connectivity index (χ1) is 14.5. The van der Waals surface area contributed by atoms with Gasteiger partial charge in [0.25, 0.3) is 11.5 Å². The first-order valence-electron chi connectivity index (χ1n) is 9.31. The number of nitrogens with zero attached hydrogens (tertiary/aromatic N) is 3. The van der Waals surface area contributed by atoms with Gasteiger partial charge in [0.15, 0.2) is 0 Å². The van der Waals surface area contributed by atoms with Crippen LogP contribution in [0.4, 0.5) is 0 Å². The second kappa shape index (κ2) is 8.00. The maximum absolute atomic E-state index is 12.5. The third kappa shape index (κ3) is 3.77. The smallest absolute Gasteiger partial charge is 0.328 e. The van der Waals surface area contributed by atoms with Gasteiger partial charge in [0, 0.05) is 35.4 Å². The third-order valence-corrected chi connectivity index (χ3v) is 4.96. The molecule has 0 aliphatic rings. The van der Waals surface area contributed by atoms with Crippen molar-refractivity contribution in [2.24, 2.45) is 0 Å². The van der Waals surface area contributed by atoms with Gasteiger partial charge in [-0.05, 0) is 43.3 Å². The molecule has 0 aliphatic carbocycles. The molecule has 0 atom stereocenters. The number of hydrogen-bond donors (Lipinski definition) is 2. The molecular formula is C21H18ClN5O3. The van der Waals surface area contributed by atoms with Crippen molar-refractivity contribution in [2.75, 3.05) is 0 Å². The number of amides is 1. The molecule has 0 spiro atoms. The van der Waals surface area contributed by atoms with Crippen molar-refractivity contribution in [3.63, 3.8) is 0 Å². The van der Waals surface area contributed by atoms with Crippen LogP contribution in [0.15, 0.2) is 64.4 Å². The topological polar surface area (TPSA) is 102 Å². The lowest BCUT2D eigenvalue weighted by Crippen LogP contribution is -2.34. The summed E-state index contributed by atoms with van der Waals surface area (Å²) in [5.74, 6) is -0.326. The Kier molecular flexibility index (Phi) is 5.24. The summed E-state index contributed by atoms with van der Waals surface area (Å²) in [7, 11) is 0. The van der Waals surface area contributed by atoms with Crippen LogP contribution >= 0.6 is 11.6 Å². The van der Waals surface area contributed by atoms with Gasteiger partial charge in [-0.3, -0.25) is 14.2 Å². The van der Waals surface area contributed by atoms with Gasteiger partial charge < -0.3 is 10.3 Å². The number of benzene rings is 2. The van der Waals surface area contributed by atoms with Crippen LogP contribution in [0.25, 0.3) is 16.6 Å². The van der Waals surface area contributed by atoms with Gasteiger partial charge >= 0.3 is 5.69 Å². The van der Waals surface area contributed by atoms with E-state index in [0.29, 0.717) is 21.5 Å². The molecule has 0 saturated carbocycles. The van der Waals surface area contributed by atoms with E-state index in [-0.39, 0.29) is 24.6 Å². The number of nitrogens with one attached hydrogen (secondary N) is 2. The summed E-state index contributed by atoms with van der Waals surface area (Å²) in [5, 5.41) is 8.07. The van der Waals surface area contributed by atoms with E-state index in [1.54, 1.807) is 48.3 Å². The molecule has 9 heteroatoms. The minimum atomic E-state index is -0.499. The molecule has 2 heterocycles. The van der Waals surface area contributed by atoms with Gasteiger partial charge in [0.2, 0.25) is 0 Å². The second-order valence-electron chi connectivity index (χ2n) is 6.70. The maximum atomic E-state index is 12.5. The highest BCUT2D eigenvalue weighted by atomic mass is 35.5. The van der Waals surface area contributed by atoms with Crippen molar-refractivity contribution in [3.8, 4) is 5.69 Å². The van der Waals surface area contributed by atoms with E-state index in [1.807, 2.05) is 12.1 Å². The average molecular weight is 424 g/mol. The lowest BCUT2D eigenvalue weighted by Gasteiger charge is -2.07. The Hall–Kier alpha value is -3.65. The highest BCUT2D eigenvalue weighted by Crippen LogP contribution is 2.15. The zero-order valence-corrected chi connectivity index (χ0v) is 16.8. The summed E-state index contributed by atoms with van der Waals surface area (Å²) in [6, 6.07) is 11.9. The molecule has 2 aromatic carbocycles. The minimum absolute atomic E-state index is 0.269. The predicted octanol–water partition coefficient (Wildman–Crippen LogP) is 2.48. The van der Waals surface area contributed by atoms with Crippen LogP contribution in [0.2, 0.25) is 5.02 Å². The first kappa shape index (κ1) is 19.7. The molecule has 152 valence electrons. The minimum Gasteiger partial charge on any atom is -0.348 e. The lowest BCUT2D eigenvalue weighted by molar-refractivity contribution is 0.0951. The van der Waals surface area contributed by atoms with E-state index >= 15 is 0 Å². The molecule has 0 aliphatic heterocycles. The highest BCUT2D eigenvalue weighted by molar-refractivity contribution is 6.30. The lowest BCUT2D eigenvalue weighted by atomic mass is 10.1.